The molecule has 0 atom stereocenters. The number of nitrogens with zero attached hydrogens (tertiary/aromatic N) is 2. The molecular formula is C22H18ClN3O2. The molecule has 0 unspecified atom stereocenters. The fourth-order valence-corrected chi connectivity index (χ4v) is 3.01. The van der Waals surface area contributed by atoms with E-state index in [1.54, 1.807) is 37.5 Å². The number of ether oxygens (including phenoxy) is 1. The molecule has 0 fully saturated rings. The van der Waals surface area contributed by atoms with Crippen molar-refractivity contribution in [3.63, 3.8) is 0 Å². The van der Waals surface area contributed by atoms with Crippen molar-refractivity contribution in [1.29, 1.82) is 5.26 Å². The summed E-state index contributed by atoms with van der Waals surface area (Å²) in [5.41, 5.74) is 3.12. The third-order valence-electron chi connectivity index (χ3n) is 4.18. The van der Waals surface area contributed by atoms with Crippen molar-refractivity contribution in [1.82, 2.24) is 4.57 Å². The molecule has 3 rings (SSSR count). The molecular weight excluding hydrogens is 374 g/mol. The van der Waals surface area contributed by atoms with Gasteiger partial charge in [-0.05, 0) is 67.6 Å². The van der Waals surface area contributed by atoms with Crippen molar-refractivity contribution in [2.24, 2.45) is 0 Å². The second kappa shape index (κ2) is 8.47. The van der Waals surface area contributed by atoms with Gasteiger partial charge in [0, 0.05) is 27.8 Å². The first-order valence-electron chi connectivity index (χ1n) is 8.53. The van der Waals surface area contributed by atoms with Crippen molar-refractivity contribution in [3.05, 3.63) is 82.6 Å². The highest BCUT2D eigenvalue weighted by Gasteiger charge is 2.13. The molecule has 6 heteroatoms. The van der Waals surface area contributed by atoms with Crippen molar-refractivity contribution >= 4 is 29.3 Å². The summed E-state index contributed by atoms with van der Waals surface area (Å²) in [5, 5.41) is 12.7. The van der Waals surface area contributed by atoms with Gasteiger partial charge in [0.1, 0.15) is 17.4 Å². The number of carbonyl (C=O) groups excluding carboxylic acids is 1. The van der Waals surface area contributed by atoms with Gasteiger partial charge in [-0.3, -0.25) is 4.79 Å². The van der Waals surface area contributed by atoms with E-state index in [4.69, 9.17) is 16.3 Å². The molecule has 0 bridgehead atoms. The molecule has 1 heterocycles. The smallest absolute Gasteiger partial charge is 0.266 e. The zero-order valence-electron chi connectivity index (χ0n) is 15.4. The number of nitriles is 1. The molecule has 1 amide bonds. The zero-order chi connectivity index (χ0) is 20.1. The SMILES string of the molecule is COc1ccc(-n2c(C)ccc2/C=C(/C#N)C(=O)Nc2cccc(Cl)c2)cc1. The van der Waals surface area contributed by atoms with E-state index < -0.39 is 5.91 Å². The number of carbonyl (C=O) groups is 1. The molecule has 1 aromatic heterocycles. The Bertz CT molecular complexity index is 1080. The fraction of sp³-hybridized carbons (Fsp3) is 0.0909. The maximum absolute atomic E-state index is 12.5. The minimum atomic E-state index is -0.495. The molecule has 0 aliphatic rings. The molecule has 0 aliphatic carbocycles. The Morgan fingerprint density at radius 2 is 1.93 bits per heavy atom. The molecule has 0 saturated heterocycles. The quantitative estimate of drug-likeness (QED) is 0.492. The van der Waals surface area contributed by atoms with Gasteiger partial charge >= 0.3 is 0 Å². The summed E-state index contributed by atoms with van der Waals surface area (Å²) in [6.07, 6.45) is 1.57. The second-order valence-electron chi connectivity index (χ2n) is 6.07. The molecule has 1 N–H and O–H groups in total. The van der Waals surface area contributed by atoms with E-state index >= 15 is 0 Å². The first-order valence-corrected chi connectivity index (χ1v) is 8.91. The Labute approximate surface area is 168 Å². The molecule has 0 aliphatic heterocycles. The predicted octanol–water partition coefficient (Wildman–Crippen LogP) is 4.99. The number of rotatable bonds is 5. The van der Waals surface area contributed by atoms with Crippen molar-refractivity contribution < 1.29 is 9.53 Å². The lowest BCUT2D eigenvalue weighted by atomic mass is 10.2. The van der Waals surface area contributed by atoms with Crippen molar-refractivity contribution in [3.8, 4) is 17.5 Å². The van der Waals surface area contributed by atoms with E-state index in [2.05, 4.69) is 5.32 Å². The predicted molar refractivity (Wildman–Crippen MR) is 111 cm³/mol. The number of anilines is 1. The minimum absolute atomic E-state index is 0.00663. The van der Waals surface area contributed by atoms with Gasteiger partial charge in [0.05, 0.1) is 7.11 Å². The minimum Gasteiger partial charge on any atom is -0.497 e. The number of nitrogens with one attached hydrogen (secondary N) is 1. The van der Waals surface area contributed by atoms with Crippen LogP contribution in [0, 0.1) is 18.3 Å². The Morgan fingerprint density at radius 1 is 1.18 bits per heavy atom. The van der Waals surface area contributed by atoms with E-state index in [-0.39, 0.29) is 5.57 Å². The van der Waals surface area contributed by atoms with Crippen LogP contribution in [0.5, 0.6) is 5.75 Å². The van der Waals surface area contributed by atoms with E-state index in [0.29, 0.717) is 10.7 Å². The summed E-state index contributed by atoms with van der Waals surface area (Å²) >= 11 is 5.94. The highest BCUT2D eigenvalue weighted by molar-refractivity contribution is 6.31. The highest BCUT2D eigenvalue weighted by atomic mass is 35.5. The summed E-state index contributed by atoms with van der Waals surface area (Å²) < 4.78 is 7.16. The molecule has 0 radical (unpaired) electrons. The average Bonchev–Trinajstić information content (AvgIpc) is 3.06. The zero-order valence-corrected chi connectivity index (χ0v) is 16.2. The lowest BCUT2D eigenvalue weighted by Crippen LogP contribution is -2.13. The van der Waals surface area contributed by atoms with E-state index in [1.807, 2.05) is 54.0 Å². The Morgan fingerprint density at radius 3 is 2.57 bits per heavy atom. The summed E-state index contributed by atoms with van der Waals surface area (Å²) in [7, 11) is 1.61. The Hall–Kier alpha value is -3.49. The largest absolute Gasteiger partial charge is 0.497 e. The van der Waals surface area contributed by atoms with E-state index in [0.717, 1.165) is 22.8 Å². The number of aryl methyl sites for hydroxylation is 1. The molecule has 0 spiro atoms. The summed E-state index contributed by atoms with van der Waals surface area (Å²) in [4.78, 5) is 12.5. The van der Waals surface area contributed by atoms with Gasteiger partial charge in [-0.1, -0.05) is 17.7 Å². The van der Waals surface area contributed by atoms with Gasteiger partial charge < -0.3 is 14.6 Å². The number of amides is 1. The fourth-order valence-electron chi connectivity index (χ4n) is 2.82. The highest BCUT2D eigenvalue weighted by Crippen LogP contribution is 2.22. The summed E-state index contributed by atoms with van der Waals surface area (Å²) in [6, 6.07) is 20.1. The molecule has 0 saturated carbocycles. The van der Waals surface area contributed by atoms with Crippen LogP contribution >= 0.6 is 11.6 Å². The van der Waals surface area contributed by atoms with Crippen LogP contribution in [0.4, 0.5) is 5.69 Å². The number of benzene rings is 2. The second-order valence-corrected chi connectivity index (χ2v) is 6.50. The van der Waals surface area contributed by atoms with Crippen molar-refractivity contribution in [2.75, 3.05) is 12.4 Å². The van der Waals surface area contributed by atoms with Gasteiger partial charge in [0.25, 0.3) is 5.91 Å². The van der Waals surface area contributed by atoms with Crippen LogP contribution in [0.3, 0.4) is 0 Å². The Balaban J connectivity index is 1.92. The number of hydrogen-bond donors (Lipinski definition) is 1. The van der Waals surface area contributed by atoms with Crippen LogP contribution in [-0.4, -0.2) is 17.6 Å². The van der Waals surface area contributed by atoms with Crippen LogP contribution in [0.25, 0.3) is 11.8 Å². The number of methoxy groups -OCH3 is 1. The topological polar surface area (TPSA) is 67.0 Å². The maximum Gasteiger partial charge on any atom is 0.266 e. The average molecular weight is 392 g/mol. The lowest BCUT2D eigenvalue weighted by Gasteiger charge is -2.11. The van der Waals surface area contributed by atoms with Crippen molar-refractivity contribution in [2.45, 2.75) is 6.92 Å². The van der Waals surface area contributed by atoms with Crippen LogP contribution in [0.15, 0.2) is 66.2 Å². The molecule has 140 valence electrons. The number of aromatic nitrogens is 1. The molecule has 3 aromatic rings. The first kappa shape index (κ1) is 19.3. The summed E-state index contributed by atoms with van der Waals surface area (Å²) in [5.74, 6) is 0.258. The van der Waals surface area contributed by atoms with Gasteiger partial charge in [-0.15, -0.1) is 0 Å². The molecule has 28 heavy (non-hydrogen) atoms. The van der Waals surface area contributed by atoms with Crippen LogP contribution in [-0.2, 0) is 4.79 Å². The van der Waals surface area contributed by atoms with Gasteiger partial charge in [-0.2, -0.15) is 5.26 Å². The number of hydrogen-bond acceptors (Lipinski definition) is 3. The van der Waals surface area contributed by atoms with Gasteiger partial charge in [0.2, 0.25) is 0 Å². The van der Waals surface area contributed by atoms with Gasteiger partial charge in [0.15, 0.2) is 0 Å². The first-order chi connectivity index (χ1) is 13.5. The maximum atomic E-state index is 12.5. The monoisotopic (exact) mass is 391 g/mol. The van der Waals surface area contributed by atoms with Crippen LogP contribution in [0.1, 0.15) is 11.4 Å². The normalized spacial score (nSPS) is 11.0. The third kappa shape index (κ3) is 4.25. The summed E-state index contributed by atoms with van der Waals surface area (Å²) in [6.45, 7) is 1.96. The van der Waals surface area contributed by atoms with E-state index in [9.17, 15) is 10.1 Å². The van der Waals surface area contributed by atoms with Crippen LogP contribution in [0.2, 0.25) is 5.02 Å². The van der Waals surface area contributed by atoms with Crippen LogP contribution < -0.4 is 10.1 Å². The molecule has 5 nitrogen and oxygen atoms in total. The molecule has 2 aromatic carbocycles. The van der Waals surface area contributed by atoms with Gasteiger partial charge in [-0.25, -0.2) is 0 Å². The Kier molecular flexibility index (Phi) is 5.83. The third-order valence-corrected chi connectivity index (χ3v) is 4.41. The van der Waals surface area contributed by atoms with E-state index in [1.165, 1.54) is 0 Å². The lowest BCUT2D eigenvalue weighted by molar-refractivity contribution is -0.112. The standard InChI is InChI=1S/C22H18ClN3O2/c1-15-6-7-20(26(15)19-8-10-21(28-2)11-9-19)12-16(14-24)22(27)25-18-5-3-4-17(23)13-18/h3-13H,1-2H3,(H,25,27)/b16-12-. The number of halogens is 1.